The van der Waals surface area contributed by atoms with Crippen molar-refractivity contribution in [2.45, 2.75) is 162 Å². The van der Waals surface area contributed by atoms with Crippen molar-refractivity contribution in [3.8, 4) is 0 Å². The Morgan fingerprint density at radius 2 is 1.42 bits per heavy atom. The molecule has 11 N–H and O–H groups in total. The minimum absolute atomic E-state index is 0.0240. The van der Waals surface area contributed by atoms with Gasteiger partial charge in [0.05, 0.1) is 83.8 Å². The minimum Gasteiger partial charge on any atom is -0.445 e. The Kier molecular flexibility index (Phi) is 31.3. The smallest absolute Gasteiger partial charge is 0.407 e. The van der Waals surface area contributed by atoms with Crippen LogP contribution in [0, 0.1) is 34.5 Å². The van der Waals surface area contributed by atoms with Crippen molar-refractivity contribution in [1.82, 2.24) is 37.2 Å². The van der Waals surface area contributed by atoms with Crippen molar-refractivity contribution in [2.24, 2.45) is 40.2 Å². The molecule has 9 rings (SSSR count). The number of hydrogen-bond donors (Lipinski definition) is 10. The van der Waals surface area contributed by atoms with Gasteiger partial charge < -0.3 is 96.2 Å². The van der Waals surface area contributed by atoms with Crippen LogP contribution in [0.1, 0.15) is 134 Å². The van der Waals surface area contributed by atoms with Crippen LogP contribution in [0.15, 0.2) is 96.6 Å². The van der Waals surface area contributed by atoms with Gasteiger partial charge in [0.25, 0.3) is 0 Å². The molecular formula is C80H108N10O20. The lowest BCUT2D eigenvalue weighted by atomic mass is 9.46. The number of aliphatic hydroxyl groups is 1. The average molecular weight is 1530 g/mol. The first-order chi connectivity index (χ1) is 52.8. The van der Waals surface area contributed by atoms with E-state index in [0.717, 1.165) is 46.4 Å². The van der Waals surface area contributed by atoms with E-state index in [0.29, 0.717) is 56.9 Å². The third-order valence-corrected chi connectivity index (χ3v) is 21.5. The first kappa shape index (κ1) is 84.7. The Morgan fingerprint density at radius 1 is 0.727 bits per heavy atom. The van der Waals surface area contributed by atoms with Gasteiger partial charge in [-0.25, -0.2) is 9.59 Å². The van der Waals surface area contributed by atoms with Gasteiger partial charge in [-0.1, -0.05) is 113 Å². The Bertz CT molecular complexity index is 3850. The Hall–Kier alpha value is -9.27. The van der Waals surface area contributed by atoms with Gasteiger partial charge in [-0.3, -0.25) is 43.2 Å². The van der Waals surface area contributed by atoms with Crippen LogP contribution in [0.3, 0.4) is 0 Å². The molecule has 0 spiro atoms. The summed E-state index contributed by atoms with van der Waals surface area (Å²) in [4.78, 5) is 145. The number of ketones is 2. The maximum Gasteiger partial charge on any atom is 0.407 e. The molecule has 11 atom stereocenters. The summed E-state index contributed by atoms with van der Waals surface area (Å²) >= 11 is 0. The summed E-state index contributed by atoms with van der Waals surface area (Å²) in [6.07, 6.45) is 8.44. The normalized spacial score (nSPS) is 23.7. The molecule has 1 saturated heterocycles. The van der Waals surface area contributed by atoms with E-state index in [-0.39, 0.29) is 139 Å². The molecule has 4 aliphatic carbocycles. The molecule has 2 heterocycles. The molecule has 3 saturated carbocycles. The molecule has 10 amide bonds. The molecule has 30 heteroatoms. The van der Waals surface area contributed by atoms with E-state index < -0.39 is 114 Å². The summed E-state index contributed by atoms with van der Waals surface area (Å²) in [5.74, 6) is -4.34. The second-order valence-electron chi connectivity index (χ2n) is 29.4. The lowest BCUT2D eigenvalue weighted by Crippen LogP contribution is -2.63. The predicted octanol–water partition coefficient (Wildman–Crippen LogP) is 5.33. The number of carbonyl (C=O) groups is 11. The summed E-state index contributed by atoms with van der Waals surface area (Å²) in [7, 11) is 0. The number of nitrogens with zero attached hydrogens (tertiary/aromatic N) is 1. The van der Waals surface area contributed by atoms with Gasteiger partial charge >= 0.3 is 12.1 Å². The molecule has 6 aliphatic rings. The number of nitrogens with two attached hydrogens (primary N) is 1. The summed E-state index contributed by atoms with van der Waals surface area (Å²) in [6.45, 7) is 12.3. The highest BCUT2D eigenvalue weighted by Gasteiger charge is 2.76. The zero-order chi connectivity index (χ0) is 79.0. The molecular weight excluding hydrogens is 1420 g/mol. The fourth-order valence-electron chi connectivity index (χ4n) is 16.1. The van der Waals surface area contributed by atoms with Gasteiger partial charge in [0.1, 0.15) is 38.6 Å². The predicted molar refractivity (Wildman–Crippen MR) is 404 cm³/mol. The highest BCUT2D eigenvalue weighted by atomic mass is 16.7. The summed E-state index contributed by atoms with van der Waals surface area (Å²) < 4.78 is 46.5. The van der Waals surface area contributed by atoms with Crippen LogP contribution < -0.4 is 53.2 Å². The third kappa shape index (κ3) is 22.3. The first-order valence-corrected chi connectivity index (χ1v) is 38.1. The Labute approximate surface area is 641 Å². The van der Waals surface area contributed by atoms with Crippen LogP contribution in [-0.4, -0.2) is 199 Å². The van der Waals surface area contributed by atoms with Crippen LogP contribution in [0.25, 0.3) is 11.6 Å². The zero-order valence-electron chi connectivity index (χ0n) is 63.8. The lowest BCUT2D eigenvalue weighted by Gasteiger charge is -2.59. The van der Waals surface area contributed by atoms with Crippen molar-refractivity contribution in [1.29, 1.82) is 0 Å². The molecule has 2 aliphatic heterocycles. The maximum absolute atomic E-state index is 14.5. The molecule has 110 heavy (non-hydrogen) atoms. The van der Waals surface area contributed by atoms with E-state index >= 15 is 0 Å². The SMILES string of the molecule is CCCC1O[C@@H]2C[C@H]3[C@@H]4CCC5=CC(=O)C=C[C@]5(C)[C@H]4[C@@H](O)C[C@]3(C)[C@]2(C(=O)COCNC(=O)CNC(=O)CNC(=O)OCc2ccc(NC(=O)[C@H](CCCNC(N)=O)NC(=O)[C@@H](NC(=O)CCOCCOCCOCCOCCNC(=O)CCC(=O)N3Cc4ccccc4/C=C(/C)c4ccccc43)C(C)C)cc2)O1. The summed E-state index contributed by atoms with van der Waals surface area (Å²) in [6, 6.07) is 19.1. The second-order valence-corrected chi connectivity index (χ2v) is 29.4. The van der Waals surface area contributed by atoms with Gasteiger partial charge in [-0.2, -0.15) is 0 Å². The summed E-state index contributed by atoms with van der Waals surface area (Å²) in [5, 5.41) is 32.8. The Balaban J connectivity index is 0.600. The molecule has 0 radical (unpaired) electrons. The quantitative estimate of drug-likeness (QED) is 0.0253. The molecule has 30 nitrogen and oxygen atoms in total. The van der Waals surface area contributed by atoms with E-state index in [1.807, 2.05) is 75.4 Å². The number of Topliss-reactive ketones (excluding diaryl/α,β-unsaturated/α-hetero) is 1. The summed E-state index contributed by atoms with van der Waals surface area (Å²) in [5.41, 5.74) is 9.31. The fraction of sp³-hybridized carbons (Fsp3) is 0.562. The molecule has 1 unspecified atom stereocenters. The molecule has 0 aromatic heterocycles. The number of aliphatic hydroxyl groups excluding tert-OH is 1. The van der Waals surface area contributed by atoms with Crippen LogP contribution in [-0.2, 0) is 94.2 Å². The van der Waals surface area contributed by atoms with Crippen LogP contribution in [0.4, 0.5) is 21.0 Å². The number of amides is 10. The molecule has 0 bridgehead atoms. The number of urea groups is 1. The van der Waals surface area contributed by atoms with Crippen LogP contribution >= 0.6 is 0 Å². The van der Waals surface area contributed by atoms with Gasteiger partial charge in [0.15, 0.2) is 23.5 Å². The van der Waals surface area contributed by atoms with Crippen molar-refractivity contribution in [2.75, 3.05) is 103 Å². The number of ether oxygens (including phenoxy) is 8. The van der Waals surface area contributed by atoms with E-state index in [4.69, 9.17) is 43.6 Å². The number of alkyl carbamates (subject to hydrolysis) is 1. The first-order valence-electron chi connectivity index (χ1n) is 38.1. The maximum atomic E-state index is 14.5. The van der Waals surface area contributed by atoms with E-state index in [2.05, 4.69) is 55.5 Å². The topological polar surface area (TPSA) is 407 Å². The van der Waals surface area contributed by atoms with Crippen molar-refractivity contribution < 1.29 is 95.7 Å². The third-order valence-electron chi connectivity index (χ3n) is 21.5. The Morgan fingerprint density at radius 3 is 2.15 bits per heavy atom. The van der Waals surface area contributed by atoms with Gasteiger partial charge in [0, 0.05) is 60.4 Å². The van der Waals surface area contributed by atoms with Crippen LogP contribution in [0.2, 0.25) is 0 Å². The number of fused-ring (bicyclic) bond motifs is 9. The van der Waals surface area contributed by atoms with Gasteiger partial charge in [0.2, 0.25) is 41.4 Å². The highest BCUT2D eigenvalue weighted by molar-refractivity contribution is 6.02. The van der Waals surface area contributed by atoms with Crippen molar-refractivity contribution in [3.05, 3.63) is 119 Å². The van der Waals surface area contributed by atoms with Crippen molar-refractivity contribution in [3.63, 3.8) is 0 Å². The number of nitrogens with one attached hydrogen (secondary N) is 8. The number of para-hydroxylation sites is 1. The number of allylic oxidation sites excluding steroid dienone is 5. The fourth-order valence-corrected chi connectivity index (χ4v) is 16.1. The highest BCUT2D eigenvalue weighted by Crippen LogP contribution is 2.70. The number of benzene rings is 3. The van der Waals surface area contributed by atoms with E-state index in [1.54, 1.807) is 55.2 Å². The number of rotatable bonds is 41. The monoisotopic (exact) mass is 1530 g/mol. The van der Waals surface area contributed by atoms with Gasteiger partial charge in [-0.15, -0.1) is 0 Å². The molecule has 4 fully saturated rings. The number of primary amides is 1. The lowest BCUT2D eigenvalue weighted by molar-refractivity contribution is -0.201. The van der Waals surface area contributed by atoms with Gasteiger partial charge in [-0.05, 0) is 122 Å². The number of carbonyl (C=O) groups excluding carboxylic acids is 11. The molecule has 3 aromatic carbocycles. The molecule has 598 valence electrons. The van der Waals surface area contributed by atoms with E-state index in [1.165, 1.54) is 0 Å². The standard InChI is InChI=1S/C80H108N10O20/c1-7-13-71-109-65-42-60-59-24-21-55-41-57(91)27-29-78(55,5)72(59)63(92)43-79(60,6)80(65,110-71)64(93)48-107-49-86-69(97)44-84-68(96)45-85-77(102)108-47-52-19-22-56(23-20-52)87-74(99)61(17-12-30-83-76(81)101)88-75(100)73(50(2)3)89-67(95)28-32-103-34-36-105-38-39-106-37-35-104-33-31-82-66(94)25-26-70(98)90-46-54-15-9-8-14-53(54)40-51(4)58-16-10-11-18-62(58)90/h8-11,14-16,18-20,22-23,27,29,40-41,50,59-61,63,65,71-73,92H,7,12-13,17,21,24-26,28,30-39,42-49H2,1-6H3,(H,82,94)(H,84,96)(H,85,102)(H,86,97)(H,87,99)(H,88,100)(H,89,95)(H3,81,83,101)/b51-40-/t59-,60-,61-,63-,65+,71?,72+,73-,78-,79-,80+/m0/s1. The van der Waals surface area contributed by atoms with Crippen LogP contribution in [0.5, 0.6) is 0 Å². The molecule has 3 aromatic rings. The largest absolute Gasteiger partial charge is 0.445 e. The number of hydrogen-bond acceptors (Lipinski definition) is 20. The zero-order valence-corrected chi connectivity index (χ0v) is 63.8. The minimum atomic E-state index is -1.40. The second kappa shape index (κ2) is 40.6. The average Bonchev–Trinajstić information content (AvgIpc) is 1.50. The van der Waals surface area contributed by atoms with Crippen molar-refractivity contribution >= 4 is 88.1 Å². The number of anilines is 2. The van der Waals surface area contributed by atoms with E-state index in [9.17, 15) is 57.8 Å².